The van der Waals surface area contributed by atoms with Crippen LogP contribution in [-0.2, 0) is 21.2 Å². The third kappa shape index (κ3) is 5.61. The summed E-state index contributed by atoms with van der Waals surface area (Å²) < 4.78 is 56.2. The summed E-state index contributed by atoms with van der Waals surface area (Å²) in [5.74, 6) is -1.14. The van der Waals surface area contributed by atoms with E-state index in [2.05, 4.69) is 10.0 Å². The molecule has 0 saturated heterocycles. The lowest BCUT2D eigenvalue weighted by atomic mass is 10.0. The Morgan fingerprint density at radius 2 is 1.76 bits per heavy atom. The Morgan fingerprint density at radius 3 is 2.52 bits per heavy atom. The van der Waals surface area contributed by atoms with Crippen molar-refractivity contribution in [1.82, 2.24) is 10.0 Å². The van der Waals surface area contributed by atoms with Gasteiger partial charge in [-0.05, 0) is 54.3 Å². The second kappa shape index (κ2) is 10.0. The summed E-state index contributed by atoms with van der Waals surface area (Å²) in [4.78, 5) is 13.6. The van der Waals surface area contributed by atoms with Crippen LogP contribution in [0.2, 0.25) is 0 Å². The van der Waals surface area contributed by atoms with Gasteiger partial charge in [0, 0.05) is 10.6 Å². The van der Waals surface area contributed by atoms with Crippen LogP contribution in [0, 0.1) is 11.6 Å². The van der Waals surface area contributed by atoms with Gasteiger partial charge in [-0.3, -0.25) is 4.79 Å². The largest absolute Gasteiger partial charge is 0.348 e. The van der Waals surface area contributed by atoms with Gasteiger partial charge < -0.3 is 5.32 Å². The number of rotatable bonds is 7. The first-order valence-electron chi connectivity index (χ1n) is 10.4. The molecule has 2 unspecified atom stereocenters. The standard InChI is InChI=1S/C24H22F2N2O3S2/c25-17-10-11-22-18(15-17)20(12-13-32-22)27-24(29)21(14-16-6-2-1-3-7-16)28-33(30,31)23-9-5-4-8-19(23)26/h1-11,15,20-21,28H,12-14H2,(H,27,29). The van der Waals surface area contributed by atoms with Gasteiger partial charge in [0.05, 0.1) is 6.04 Å². The second-order valence-electron chi connectivity index (χ2n) is 7.67. The van der Waals surface area contributed by atoms with E-state index in [1.807, 2.05) is 6.07 Å². The average molecular weight is 489 g/mol. The lowest BCUT2D eigenvalue weighted by molar-refractivity contribution is -0.123. The molecule has 0 radical (unpaired) electrons. The number of carbonyl (C=O) groups excluding carboxylic acids is 1. The molecule has 1 aliphatic rings. The first-order chi connectivity index (χ1) is 15.8. The van der Waals surface area contributed by atoms with Gasteiger partial charge in [-0.25, -0.2) is 17.2 Å². The van der Waals surface area contributed by atoms with Crippen LogP contribution in [0.25, 0.3) is 0 Å². The van der Waals surface area contributed by atoms with E-state index in [1.54, 1.807) is 42.1 Å². The van der Waals surface area contributed by atoms with E-state index in [9.17, 15) is 22.0 Å². The minimum Gasteiger partial charge on any atom is -0.348 e. The molecule has 0 saturated carbocycles. The average Bonchev–Trinajstić information content (AvgIpc) is 2.80. The fraction of sp³-hybridized carbons (Fsp3) is 0.208. The summed E-state index contributed by atoms with van der Waals surface area (Å²) in [6, 6.07) is 16.7. The number of thioether (sulfide) groups is 1. The first kappa shape index (κ1) is 23.4. The predicted molar refractivity (Wildman–Crippen MR) is 123 cm³/mol. The fourth-order valence-corrected chi connectivity index (χ4v) is 6.12. The molecule has 1 heterocycles. The van der Waals surface area contributed by atoms with Crippen molar-refractivity contribution in [3.05, 3.63) is 95.6 Å². The zero-order chi connectivity index (χ0) is 23.4. The number of halogens is 2. The second-order valence-corrected chi connectivity index (χ2v) is 10.5. The molecule has 33 heavy (non-hydrogen) atoms. The predicted octanol–water partition coefficient (Wildman–Crippen LogP) is 4.21. The molecule has 2 N–H and O–H groups in total. The van der Waals surface area contributed by atoms with E-state index in [-0.39, 0.29) is 6.42 Å². The summed E-state index contributed by atoms with van der Waals surface area (Å²) in [7, 11) is -4.31. The summed E-state index contributed by atoms with van der Waals surface area (Å²) in [6.45, 7) is 0. The third-order valence-electron chi connectivity index (χ3n) is 5.35. The number of hydrogen-bond donors (Lipinski definition) is 2. The smallest absolute Gasteiger partial charge is 0.244 e. The highest BCUT2D eigenvalue weighted by atomic mass is 32.2. The number of nitrogens with one attached hydrogen (secondary N) is 2. The van der Waals surface area contributed by atoms with E-state index in [4.69, 9.17) is 0 Å². The molecule has 5 nitrogen and oxygen atoms in total. The van der Waals surface area contributed by atoms with Crippen LogP contribution in [0.5, 0.6) is 0 Å². The Labute approximate surface area is 195 Å². The maximum atomic E-state index is 14.2. The highest BCUT2D eigenvalue weighted by Gasteiger charge is 2.31. The van der Waals surface area contributed by atoms with Crippen molar-refractivity contribution in [2.75, 3.05) is 5.75 Å². The fourth-order valence-electron chi connectivity index (χ4n) is 3.74. The van der Waals surface area contributed by atoms with Crippen molar-refractivity contribution in [3.63, 3.8) is 0 Å². The monoisotopic (exact) mass is 488 g/mol. The van der Waals surface area contributed by atoms with Crippen molar-refractivity contribution >= 4 is 27.7 Å². The van der Waals surface area contributed by atoms with Gasteiger partial charge in [0.1, 0.15) is 22.6 Å². The normalized spacial score (nSPS) is 16.6. The molecule has 3 aromatic rings. The SMILES string of the molecule is O=C(NC1CCSc2ccc(F)cc21)C(Cc1ccccc1)NS(=O)(=O)c1ccccc1F. The summed E-state index contributed by atoms with van der Waals surface area (Å²) in [5.41, 5.74) is 1.40. The topological polar surface area (TPSA) is 75.3 Å². The molecule has 0 fully saturated rings. The van der Waals surface area contributed by atoms with Crippen LogP contribution in [0.3, 0.4) is 0 Å². The van der Waals surface area contributed by atoms with Crippen LogP contribution >= 0.6 is 11.8 Å². The van der Waals surface area contributed by atoms with Crippen molar-refractivity contribution < 1.29 is 22.0 Å². The Kier molecular flexibility index (Phi) is 7.11. The Hall–Kier alpha value is -2.75. The maximum absolute atomic E-state index is 14.2. The van der Waals surface area contributed by atoms with E-state index in [1.165, 1.54) is 24.3 Å². The van der Waals surface area contributed by atoms with Crippen molar-refractivity contribution in [1.29, 1.82) is 0 Å². The summed E-state index contributed by atoms with van der Waals surface area (Å²) in [5, 5.41) is 2.87. The number of amides is 1. The molecule has 1 aliphatic heterocycles. The highest BCUT2D eigenvalue weighted by Crippen LogP contribution is 2.36. The van der Waals surface area contributed by atoms with Gasteiger partial charge in [-0.2, -0.15) is 4.72 Å². The third-order valence-corrected chi connectivity index (χ3v) is 7.98. The molecular weight excluding hydrogens is 466 g/mol. The number of benzene rings is 3. The van der Waals surface area contributed by atoms with E-state index in [0.29, 0.717) is 12.0 Å². The van der Waals surface area contributed by atoms with Gasteiger partial charge in [0.15, 0.2) is 0 Å². The molecule has 1 amide bonds. The summed E-state index contributed by atoms with van der Waals surface area (Å²) >= 11 is 1.58. The Balaban J connectivity index is 1.61. The zero-order valence-corrected chi connectivity index (χ0v) is 19.1. The van der Waals surface area contributed by atoms with Crippen LogP contribution in [0.1, 0.15) is 23.6 Å². The number of carbonyl (C=O) groups is 1. The highest BCUT2D eigenvalue weighted by molar-refractivity contribution is 7.99. The molecule has 2 atom stereocenters. The van der Waals surface area contributed by atoms with Crippen molar-refractivity contribution in [2.24, 2.45) is 0 Å². The van der Waals surface area contributed by atoms with E-state index in [0.717, 1.165) is 28.3 Å². The van der Waals surface area contributed by atoms with Crippen LogP contribution in [0.15, 0.2) is 82.6 Å². The lowest BCUT2D eigenvalue weighted by Gasteiger charge is -2.28. The first-order valence-corrected chi connectivity index (χ1v) is 12.8. The molecular formula is C24H22F2N2O3S2. The molecule has 0 spiro atoms. The quantitative estimate of drug-likeness (QED) is 0.523. The molecule has 0 bridgehead atoms. The molecule has 0 aromatic heterocycles. The van der Waals surface area contributed by atoms with Crippen LogP contribution < -0.4 is 10.0 Å². The van der Waals surface area contributed by atoms with E-state index >= 15 is 0 Å². The molecule has 9 heteroatoms. The Morgan fingerprint density at radius 1 is 1.03 bits per heavy atom. The molecule has 4 rings (SSSR count). The molecule has 172 valence electrons. The minimum atomic E-state index is -4.31. The minimum absolute atomic E-state index is 0.0673. The van der Waals surface area contributed by atoms with Crippen molar-refractivity contribution in [3.8, 4) is 0 Å². The molecule has 3 aromatic carbocycles. The maximum Gasteiger partial charge on any atom is 0.244 e. The number of fused-ring (bicyclic) bond motifs is 1. The van der Waals surface area contributed by atoms with Gasteiger partial charge in [0.2, 0.25) is 15.9 Å². The van der Waals surface area contributed by atoms with Gasteiger partial charge >= 0.3 is 0 Å². The number of hydrogen-bond acceptors (Lipinski definition) is 4. The van der Waals surface area contributed by atoms with Crippen LogP contribution in [0.4, 0.5) is 8.78 Å². The lowest BCUT2D eigenvalue weighted by Crippen LogP contribution is -2.49. The Bertz CT molecular complexity index is 1250. The van der Waals surface area contributed by atoms with Gasteiger partial charge in [0.25, 0.3) is 0 Å². The summed E-state index contributed by atoms with van der Waals surface area (Å²) in [6.07, 6.45) is 0.642. The van der Waals surface area contributed by atoms with Gasteiger partial charge in [-0.1, -0.05) is 42.5 Å². The van der Waals surface area contributed by atoms with Crippen molar-refractivity contribution in [2.45, 2.75) is 34.7 Å². The number of sulfonamides is 1. The zero-order valence-electron chi connectivity index (χ0n) is 17.5. The van der Waals surface area contributed by atoms with Crippen LogP contribution in [-0.4, -0.2) is 26.1 Å². The molecule has 0 aliphatic carbocycles. The van der Waals surface area contributed by atoms with Gasteiger partial charge in [-0.15, -0.1) is 11.8 Å². The van der Waals surface area contributed by atoms with E-state index < -0.39 is 44.5 Å².